The highest BCUT2D eigenvalue weighted by molar-refractivity contribution is 8.18. The van der Waals surface area contributed by atoms with Crippen LogP contribution in [0.1, 0.15) is 22.4 Å². The second-order valence-electron chi connectivity index (χ2n) is 8.44. The first-order valence-corrected chi connectivity index (χ1v) is 12.4. The van der Waals surface area contributed by atoms with Crippen LogP contribution >= 0.6 is 23.4 Å². The zero-order chi connectivity index (χ0) is 25.4. The van der Waals surface area contributed by atoms with Gasteiger partial charge in [0.15, 0.2) is 5.17 Å². The van der Waals surface area contributed by atoms with Gasteiger partial charge in [0.05, 0.1) is 15.5 Å². The molecule has 180 valence electrons. The summed E-state index contributed by atoms with van der Waals surface area (Å²) in [6, 6.07) is 20.0. The van der Waals surface area contributed by atoms with E-state index in [2.05, 4.69) is 14.9 Å². The number of aryl methyl sites for hydroxylation is 1. The van der Waals surface area contributed by atoms with Gasteiger partial charge in [0.1, 0.15) is 0 Å². The van der Waals surface area contributed by atoms with Gasteiger partial charge in [0.25, 0.3) is 11.6 Å². The van der Waals surface area contributed by atoms with Gasteiger partial charge in [-0.1, -0.05) is 41.9 Å². The molecule has 3 aromatic carbocycles. The van der Waals surface area contributed by atoms with E-state index in [0.29, 0.717) is 21.6 Å². The Hall–Kier alpha value is -3.88. The van der Waals surface area contributed by atoms with E-state index in [1.54, 1.807) is 18.2 Å². The van der Waals surface area contributed by atoms with Crippen LogP contribution < -0.4 is 5.32 Å². The fourth-order valence-electron chi connectivity index (χ4n) is 4.21. The lowest BCUT2D eigenvalue weighted by Crippen LogP contribution is -2.19. The second-order valence-corrected chi connectivity index (χ2v) is 9.91. The number of nitro groups is 1. The number of halogens is 1. The molecule has 1 N–H and O–H groups in total. The molecule has 2 heterocycles. The summed E-state index contributed by atoms with van der Waals surface area (Å²) >= 11 is 7.34. The number of aliphatic imine (C=N–C) groups is 1. The highest BCUT2D eigenvalue weighted by atomic mass is 35.5. The Labute approximate surface area is 216 Å². The summed E-state index contributed by atoms with van der Waals surface area (Å²) in [5, 5.41) is 16.0. The van der Waals surface area contributed by atoms with E-state index in [4.69, 9.17) is 11.6 Å². The van der Waals surface area contributed by atoms with Crippen LogP contribution in [-0.4, -0.2) is 20.6 Å². The number of amides is 1. The molecule has 7 nitrogen and oxygen atoms in total. The van der Waals surface area contributed by atoms with Crippen LogP contribution in [0.4, 0.5) is 11.4 Å². The van der Waals surface area contributed by atoms with E-state index in [-0.39, 0.29) is 11.6 Å². The highest BCUT2D eigenvalue weighted by Gasteiger charge is 2.25. The smallest absolute Gasteiger partial charge is 0.269 e. The van der Waals surface area contributed by atoms with Crippen LogP contribution in [0, 0.1) is 24.0 Å². The first-order valence-electron chi connectivity index (χ1n) is 11.2. The summed E-state index contributed by atoms with van der Waals surface area (Å²) in [4.78, 5) is 28.5. The Morgan fingerprint density at radius 3 is 2.58 bits per heavy atom. The van der Waals surface area contributed by atoms with E-state index in [1.807, 2.05) is 56.3 Å². The molecular formula is C27H21ClN4O3S. The van der Waals surface area contributed by atoms with Gasteiger partial charge in [-0.3, -0.25) is 14.9 Å². The average Bonchev–Trinajstić information content (AvgIpc) is 3.33. The van der Waals surface area contributed by atoms with Crippen molar-refractivity contribution in [2.24, 2.45) is 4.99 Å². The number of aromatic nitrogens is 1. The number of carbonyl (C=O) groups is 1. The lowest BCUT2D eigenvalue weighted by molar-refractivity contribution is -0.384. The fourth-order valence-corrected chi connectivity index (χ4v) is 5.26. The molecule has 5 rings (SSSR count). The third-order valence-corrected chi connectivity index (χ3v) is 7.22. The molecule has 0 atom stereocenters. The SMILES string of the molecule is Cc1cc(Cl)ccc1N=C1NC(=O)/C(=C/c2c(C)n(Cc3ccc([N+](=O)[O-])cc3)c3ccccc23)S1. The molecule has 1 fully saturated rings. The Balaban J connectivity index is 1.49. The summed E-state index contributed by atoms with van der Waals surface area (Å²) in [5.41, 5.74) is 5.66. The van der Waals surface area contributed by atoms with E-state index in [1.165, 1.54) is 23.9 Å². The van der Waals surface area contributed by atoms with E-state index >= 15 is 0 Å². The van der Waals surface area contributed by atoms with Crippen molar-refractivity contribution >= 4 is 62.8 Å². The highest BCUT2D eigenvalue weighted by Crippen LogP contribution is 2.34. The third-order valence-electron chi connectivity index (χ3n) is 6.07. The molecule has 1 aliphatic heterocycles. The van der Waals surface area contributed by atoms with Crippen molar-refractivity contribution in [3.63, 3.8) is 0 Å². The van der Waals surface area contributed by atoms with Crippen molar-refractivity contribution in [1.82, 2.24) is 9.88 Å². The number of fused-ring (bicyclic) bond motifs is 1. The maximum atomic E-state index is 12.8. The monoisotopic (exact) mass is 516 g/mol. The standard InChI is InChI=1S/C27H21ClN4O3S/c1-16-13-19(28)9-12-23(16)29-27-30-26(33)25(36-27)14-22-17(2)31(24-6-4-3-5-21(22)24)15-18-7-10-20(11-8-18)32(34)35/h3-14H,15H2,1-2H3,(H,29,30,33)/b25-14-. The zero-order valence-corrected chi connectivity index (χ0v) is 21.1. The average molecular weight is 517 g/mol. The predicted molar refractivity (Wildman–Crippen MR) is 146 cm³/mol. The number of benzene rings is 3. The normalized spacial score (nSPS) is 15.7. The third kappa shape index (κ3) is 4.65. The van der Waals surface area contributed by atoms with Crippen molar-refractivity contribution in [3.8, 4) is 0 Å². The molecule has 0 spiro atoms. The number of nitrogens with zero attached hydrogens (tertiary/aromatic N) is 3. The number of non-ortho nitro benzene ring substituents is 1. The molecule has 1 saturated heterocycles. The van der Waals surface area contributed by atoms with Gasteiger partial charge in [-0.15, -0.1) is 0 Å². The van der Waals surface area contributed by atoms with Gasteiger partial charge in [-0.25, -0.2) is 4.99 Å². The summed E-state index contributed by atoms with van der Waals surface area (Å²) in [5.74, 6) is -0.197. The van der Waals surface area contributed by atoms with Crippen molar-refractivity contribution in [1.29, 1.82) is 0 Å². The van der Waals surface area contributed by atoms with Crippen molar-refractivity contribution < 1.29 is 9.72 Å². The van der Waals surface area contributed by atoms with Crippen LogP contribution in [-0.2, 0) is 11.3 Å². The van der Waals surface area contributed by atoms with Crippen LogP contribution in [0.15, 0.2) is 76.6 Å². The number of hydrogen-bond acceptors (Lipinski definition) is 5. The van der Waals surface area contributed by atoms with E-state index in [9.17, 15) is 14.9 Å². The predicted octanol–water partition coefficient (Wildman–Crippen LogP) is 6.76. The summed E-state index contributed by atoms with van der Waals surface area (Å²) in [6.45, 7) is 4.49. The molecule has 0 saturated carbocycles. The molecule has 0 radical (unpaired) electrons. The summed E-state index contributed by atoms with van der Waals surface area (Å²) in [6.07, 6.45) is 1.90. The van der Waals surface area contributed by atoms with E-state index < -0.39 is 4.92 Å². The number of carbonyl (C=O) groups excluding carboxylic acids is 1. The minimum Gasteiger partial charge on any atom is -0.340 e. The molecule has 0 unspecified atom stereocenters. The van der Waals surface area contributed by atoms with Gasteiger partial charge in [0, 0.05) is 45.9 Å². The number of nitrogens with one attached hydrogen (secondary N) is 1. The van der Waals surface area contributed by atoms with Crippen LogP contribution in [0.2, 0.25) is 5.02 Å². The minimum atomic E-state index is -0.402. The van der Waals surface area contributed by atoms with Crippen LogP contribution in [0.5, 0.6) is 0 Å². The van der Waals surface area contributed by atoms with Crippen LogP contribution in [0.25, 0.3) is 17.0 Å². The molecule has 1 aromatic heterocycles. The maximum absolute atomic E-state index is 12.8. The molecule has 1 aliphatic rings. The molecule has 0 bridgehead atoms. The van der Waals surface area contributed by atoms with Gasteiger partial charge >= 0.3 is 0 Å². The van der Waals surface area contributed by atoms with Gasteiger partial charge < -0.3 is 9.88 Å². The van der Waals surface area contributed by atoms with Gasteiger partial charge in [0.2, 0.25) is 0 Å². The topological polar surface area (TPSA) is 89.5 Å². The van der Waals surface area contributed by atoms with Crippen LogP contribution in [0.3, 0.4) is 0 Å². The van der Waals surface area contributed by atoms with Crippen molar-refractivity contribution in [2.45, 2.75) is 20.4 Å². The minimum absolute atomic E-state index is 0.0637. The van der Waals surface area contributed by atoms with Crippen molar-refractivity contribution in [3.05, 3.63) is 109 Å². The number of nitro benzene ring substituents is 1. The first-order chi connectivity index (χ1) is 17.3. The second kappa shape index (κ2) is 9.64. The van der Waals surface area contributed by atoms with Gasteiger partial charge in [-0.05, 0) is 67.1 Å². The lowest BCUT2D eigenvalue weighted by Gasteiger charge is -2.09. The first kappa shape index (κ1) is 23.8. The van der Waals surface area contributed by atoms with Crippen molar-refractivity contribution in [2.75, 3.05) is 0 Å². The molecular weight excluding hydrogens is 496 g/mol. The fraction of sp³-hybridized carbons (Fsp3) is 0.111. The Kier molecular flexibility index (Phi) is 6.38. The molecule has 9 heteroatoms. The molecule has 36 heavy (non-hydrogen) atoms. The molecule has 0 aliphatic carbocycles. The largest absolute Gasteiger partial charge is 0.340 e. The maximum Gasteiger partial charge on any atom is 0.269 e. The Bertz CT molecular complexity index is 1590. The molecule has 4 aromatic rings. The quantitative estimate of drug-likeness (QED) is 0.180. The number of para-hydroxylation sites is 1. The summed E-state index contributed by atoms with van der Waals surface area (Å²) < 4.78 is 2.16. The Morgan fingerprint density at radius 1 is 1.11 bits per heavy atom. The number of rotatable bonds is 5. The number of hydrogen-bond donors (Lipinski definition) is 1. The zero-order valence-electron chi connectivity index (χ0n) is 19.5. The molecule has 1 amide bonds. The number of amidine groups is 1. The van der Waals surface area contributed by atoms with E-state index in [0.717, 1.165) is 39.0 Å². The lowest BCUT2D eigenvalue weighted by atomic mass is 10.1. The number of thioether (sulfide) groups is 1. The Morgan fingerprint density at radius 2 is 1.86 bits per heavy atom. The van der Waals surface area contributed by atoms with Gasteiger partial charge in [-0.2, -0.15) is 0 Å². The summed E-state index contributed by atoms with van der Waals surface area (Å²) in [7, 11) is 0.